The monoisotopic (exact) mass is 247 g/mol. The lowest BCUT2D eigenvalue weighted by Crippen LogP contribution is -2.20. The Hall–Kier alpha value is -1.90. The average molecular weight is 247 g/mol. The Morgan fingerprint density at radius 2 is 1.56 bits per heavy atom. The Labute approximate surface area is 107 Å². The van der Waals surface area contributed by atoms with Crippen molar-refractivity contribution >= 4 is 0 Å². The van der Waals surface area contributed by atoms with Gasteiger partial charge in [-0.3, -0.25) is 9.36 Å². The summed E-state index contributed by atoms with van der Waals surface area (Å²) in [6.45, 7) is 7.68. The van der Waals surface area contributed by atoms with Gasteiger partial charge in [0.05, 0.1) is 0 Å². The maximum atomic E-state index is 12.8. The van der Waals surface area contributed by atoms with Crippen LogP contribution in [0.5, 0.6) is 0 Å². The van der Waals surface area contributed by atoms with Crippen LogP contribution in [0.3, 0.4) is 0 Å². The summed E-state index contributed by atoms with van der Waals surface area (Å²) in [6, 6.07) is 7.74. The number of hydrogen-bond acceptors (Lipinski definition) is 1. The Morgan fingerprint density at radius 1 is 1.00 bits per heavy atom. The lowest BCUT2D eigenvalue weighted by Gasteiger charge is -2.08. The van der Waals surface area contributed by atoms with Crippen molar-refractivity contribution in [1.82, 2.24) is 4.57 Å². The first-order valence-corrected chi connectivity index (χ1v) is 6.04. The third-order valence-corrected chi connectivity index (χ3v) is 2.71. The van der Waals surface area contributed by atoms with Crippen LogP contribution >= 0.6 is 0 Å². The summed E-state index contributed by atoms with van der Waals surface area (Å²) in [7, 11) is 0. The first-order valence-electron chi connectivity index (χ1n) is 6.04. The number of halogens is 1. The van der Waals surface area contributed by atoms with Crippen molar-refractivity contribution in [2.24, 2.45) is 0 Å². The predicted molar refractivity (Wildman–Crippen MR) is 72.8 cm³/mol. The van der Waals surface area contributed by atoms with Crippen molar-refractivity contribution < 1.29 is 4.39 Å². The highest BCUT2D eigenvalue weighted by Crippen LogP contribution is 2.08. The molecule has 0 atom stereocenters. The first kappa shape index (κ1) is 14.2. The van der Waals surface area contributed by atoms with Gasteiger partial charge in [0.25, 0.3) is 5.56 Å². The Kier molecular flexibility index (Phi) is 4.84. The van der Waals surface area contributed by atoms with E-state index in [4.69, 9.17) is 0 Å². The summed E-state index contributed by atoms with van der Waals surface area (Å²) in [6.07, 6.45) is 1.71. The second-order valence-corrected chi connectivity index (χ2v) is 3.78. The van der Waals surface area contributed by atoms with Crippen LogP contribution in [0.2, 0.25) is 0 Å². The van der Waals surface area contributed by atoms with E-state index in [1.165, 1.54) is 16.7 Å². The van der Waals surface area contributed by atoms with Crippen LogP contribution < -0.4 is 5.56 Å². The molecule has 2 nitrogen and oxygen atoms in total. The van der Waals surface area contributed by atoms with Gasteiger partial charge in [-0.25, -0.2) is 4.39 Å². The maximum absolute atomic E-state index is 12.8. The van der Waals surface area contributed by atoms with Crippen molar-refractivity contribution in [2.45, 2.75) is 27.7 Å². The van der Waals surface area contributed by atoms with Crippen LogP contribution in [-0.2, 0) is 0 Å². The van der Waals surface area contributed by atoms with Crippen molar-refractivity contribution in [1.29, 1.82) is 0 Å². The zero-order chi connectivity index (χ0) is 13.7. The molecule has 2 aromatic rings. The highest BCUT2D eigenvalue weighted by Gasteiger charge is 2.04. The minimum atomic E-state index is -0.305. The van der Waals surface area contributed by atoms with Gasteiger partial charge in [-0.2, -0.15) is 0 Å². The second-order valence-electron chi connectivity index (χ2n) is 3.78. The first-order chi connectivity index (χ1) is 8.59. The van der Waals surface area contributed by atoms with Gasteiger partial charge in [0.1, 0.15) is 5.82 Å². The normalized spacial score (nSPS) is 9.61. The molecule has 0 saturated carbocycles. The molecular weight excluding hydrogens is 229 g/mol. The predicted octanol–water partition coefficient (Wildman–Crippen LogP) is 3.62. The third-order valence-electron chi connectivity index (χ3n) is 2.71. The molecule has 1 aromatic carbocycles. The highest BCUT2D eigenvalue weighted by molar-refractivity contribution is 5.34. The fourth-order valence-electron chi connectivity index (χ4n) is 1.53. The molecule has 0 spiro atoms. The minimum Gasteiger partial charge on any atom is -0.284 e. The van der Waals surface area contributed by atoms with Gasteiger partial charge in [0.2, 0.25) is 0 Å². The Balaban J connectivity index is 0.000000771. The van der Waals surface area contributed by atoms with Crippen LogP contribution in [0.25, 0.3) is 5.69 Å². The Bertz CT molecular complexity index is 570. The molecule has 1 heterocycles. The van der Waals surface area contributed by atoms with Gasteiger partial charge >= 0.3 is 0 Å². The topological polar surface area (TPSA) is 22.0 Å². The average Bonchev–Trinajstić information content (AvgIpc) is 2.40. The van der Waals surface area contributed by atoms with Gasteiger partial charge in [0, 0.05) is 17.4 Å². The molecule has 18 heavy (non-hydrogen) atoms. The molecule has 2 rings (SSSR count). The molecule has 0 unspecified atom stereocenters. The molecule has 0 N–H and O–H groups in total. The fraction of sp³-hybridized carbons (Fsp3) is 0.267. The molecule has 0 amide bonds. The molecular formula is C15H18FNO. The van der Waals surface area contributed by atoms with Crippen molar-refractivity contribution in [3.63, 3.8) is 0 Å². The van der Waals surface area contributed by atoms with Crippen LogP contribution in [0.15, 0.2) is 41.3 Å². The fourth-order valence-corrected chi connectivity index (χ4v) is 1.53. The molecule has 3 heteroatoms. The van der Waals surface area contributed by atoms with E-state index >= 15 is 0 Å². The van der Waals surface area contributed by atoms with Gasteiger partial charge in [-0.05, 0) is 49.7 Å². The molecule has 0 aliphatic rings. The van der Waals surface area contributed by atoms with Crippen molar-refractivity contribution in [2.75, 3.05) is 0 Å². The van der Waals surface area contributed by atoms with E-state index in [-0.39, 0.29) is 11.4 Å². The Morgan fingerprint density at radius 3 is 2.11 bits per heavy atom. The molecule has 0 aliphatic heterocycles. The van der Waals surface area contributed by atoms with E-state index in [1.807, 2.05) is 26.8 Å². The summed E-state index contributed by atoms with van der Waals surface area (Å²) in [5, 5.41) is 0. The van der Waals surface area contributed by atoms with Crippen LogP contribution in [0.4, 0.5) is 4.39 Å². The summed E-state index contributed by atoms with van der Waals surface area (Å²) in [5.74, 6) is -0.305. The van der Waals surface area contributed by atoms with Crippen LogP contribution in [-0.4, -0.2) is 4.57 Å². The standard InChI is InChI=1S/C13H12FNO.C2H6/c1-9-7-8-15(13(16)10(9)2)12-5-3-11(14)4-6-12;1-2/h3-8H,1-2H3;1-2H3. The van der Waals surface area contributed by atoms with Gasteiger partial charge in [-0.15, -0.1) is 0 Å². The number of rotatable bonds is 1. The number of hydrogen-bond donors (Lipinski definition) is 0. The van der Waals surface area contributed by atoms with Crippen molar-refractivity contribution in [3.8, 4) is 5.69 Å². The number of aromatic nitrogens is 1. The number of pyridine rings is 1. The lowest BCUT2D eigenvalue weighted by atomic mass is 10.2. The largest absolute Gasteiger partial charge is 0.284 e. The number of nitrogens with zero attached hydrogens (tertiary/aromatic N) is 1. The van der Waals surface area contributed by atoms with Crippen LogP contribution in [0, 0.1) is 19.7 Å². The SMILES string of the molecule is CC.Cc1ccn(-c2ccc(F)cc2)c(=O)c1C. The van der Waals surface area contributed by atoms with E-state index in [0.29, 0.717) is 11.3 Å². The van der Waals surface area contributed by atoms with Crippen molar-refractivity contribution in [3.05, 3.63) is 63.8 Å². The maximum Gasteiger partial charge on any atom is 0.258 e. The third kappa shape index (κ3) is 2.86. The lowest BCUT2D eigenvalue weighted by molar-refractivity contribution is 0.627. The van der Waals surface area contributed by atoms with E-state index in [9.17, 15) is 9.18 Å². The van der Waals surface area contributed by atoms with E-state index < -0.39 is 0 Å². The molecule has 0 bridgehead atoms. The molecule has 0 fully saturated rings. The highest BCUT2D eigenvalue weighted by atomic mass is 19.1. The van der Waals surface area contributed by atoms with E-state index in [1.54, 1.807) is 25.3 Å². The second kappa shape index (κ2) is 6.15. The molecule has 0 radical (unpaired) electrons. The van der Waals surface area contributed by atoms with Crippen LogP contribution in [0.1, 0.15) is 25.0 Å². The zero-order valence-electron chi connectivity index (χ0n) is 11.2. The number of aryl methyl sites for hydroxylation is 1. The number of benzene rings is 1. The summed E-state index contributed by atoms with van der Waals surface area (Å²) in [5.41, 5.74) is 2.29. The molecule has 1 aromatic heterocycles. The summed E-state index contributed by atoms with van der Waals surface area (Å²) < 4.78 is 14.3. The van der Waals surface area contributed by atoms with Gasteiger partial charge < -0.3 is 0 Å². The molecule has 0 aliphatic carbocycles. The molecule has 96 valence electrons. The van der Waals surface area contributed by atoms with E-state index in [2.05, 4.69) is 0 Å². The van der Waals surface area contributed by atoms with Gasteiger partial charge in [-0.1, -0.05) is 13.8 Å². The summed E-state index contributed by atoms with van der Waals surface area (Å²) >= 11 is 0. The minimum absolute atomic E-state index is 0.0633. The molecule has 0 saturated heterocycles. The summed E-state index contributed by atoms with van der Waals surface area (Å²) in [4.78, 5) is 11.9. The van der Waals surface area contributed by atoms with Gasteiger partial charge in [0.15, 0.2) is 0 Å². The smallest absolute Gasteiger partial charge is 0.258 e. The quantitative estimate of drug-likeness (QED) is 0.754. The zero-order valence-corrected chi connectivity index (χ0v) is 11.2. The van der Waals surface area contributed by atoms with E-state index in [0.717, 1.165) is 5.56 Å².